The molecule has 0 bridgehead atoms. The van der Waals surface area contributed by atoms with E-state index in [0.29, 0.717) is 6.02 Å². The highest BCUT2D eigenvalue weighted by molar-refractivity contribution is 5.76. The topological polar surface area (TPSA) is 46.2 Å². The Morgan fingerprint density at radius 2 is 1.64 bits per heavy atom. The van der Waals surface area contributed by atoms with Crippen molar-refractivity contribution < 1.29 is 28.2 Å². The third-order valence-corrected chi connectivity index (χ3v) is 2.25. The Morgan fingerprint density at radius 1 is 1.09 bits per heavy atom. The highest BCUT2D eigenvalue weighted by Crippen LogP contribution is 2.08. The zero-order valence-electron chi connectivity index (χ0n) is 12.7. The van der Waals surface area contributed by atoms with E-state index < -0.39 is 0 Å². The first-order chi connectivity index (χ1) is 8.09. The molecule has 0 unspecified atom stereocenters. The van der Waals surface area contributed by atoms with Gasteiger partial charge in [0.2, 0.25) is 0 Å². The molecule has 2 rings (SSSR count). The normalized spacial score (nSPS) is 8.00. The molecule has 0 aliphatic rings. The summed E-state index contributed by atoms with van der Waals surface area (Å²) >= 11 is 0. The van der Waals surface area contributed by atoms with Gasteiger partial charge in [-0.05, 0) is 17.3 Å². The second-order valence-corrected chi connectivity index (χ2v) is 4.11. The largest absolute Gasteiger partial charge is 0.471 e. The number of rotatable bonds is 1. The standard InChI is InChI=1S/C11H16N5O.B.4FH/c1-14(2)11(15(3)4)17-16-10-8-6-5-7-9(10)12-13-16;;;;;/h5-8H,1-4H3;;4*1H/q+1;;;;;. The lowest BCUT2D eigenvalue weighted by Gasteiger charge is -2.10. The molecule has 0 aliphatic carbocycles. The molecular formula is C11H20BF4N5O+. The van der Waals surface area contributed by atoms with Gasteiger partial charge in [-0.3, -0.25) is 23.7 Å². The van der Waals surface area contributed by atoms with Crippen LogP contribution in [0.5, 0.6) is 0 Å². The summed E-state index contributed by atoms with van der Waals surface area (Å²) < 4.78 is 1.87. The SMILES string of the molecule is CN(C)C(On1nnc2ccccc21)=[N+](C)C.F.F.F.F.[B]. The Kier molecular flexibility index (Phi) is 14.4. The number of nitrogens with zero attached hydrogens (tertiary/aromatic N) is 5. The monoisotopic (exact) mass is 325 g/mol. The van der Waals surface area contributed by atoms with Crippen molar-refractivity contribution in [1.82, 2.24) is 20.1 Å². The summed E-state index contributed by atoms with van der Waals surface area (Å²) in [5, 5.41) is 8.00. The van der Waals surface area contributed by atoms with Crippen LogP contribution in [0.1, 0.15) is 0 Å². The lowest BCUT2D eigenvalue weighted by Crippen LogP contribution is -2.39. The molecule has 0 saturated heterocycles. The van der Waals surface area contributed by atoms with E-state index in [9.17, 15) is 0 Å². The smallest absolute Gasteiger partial charge is 0.278 e. The number of fused-ring (bicyclic) bond motifs is 1. The first-order valence-corrected chi connectivity index (χ1v) is 5.30. The van der Waals surface area contributed by atoms with E-state index in [1.165, 1.54) is 4.85 Å². The molecule has 3 radical (unpaired) electrons. The fraction of sp³-hybridized carbons (Fsp3) is 0.364. The van der Waals surface area contributed by atoms with E-state index >= 15 is 0 Å². The Morgan fingerprint density at radius 3 is 2.14 bits per heavy atom. The Hall–Kier alpha value is -2.33. The molecule has 22 heavy (non-hydrogen) atoms. The van der Waals surface area contributed by atoms with Crippen LogP contribution in [0.4, 0.5) is 18.8 Å². The average molecular weight is 325 g/mol. The number of halogens is 4. The lowest BCUT2D eigenvalue weighted by molar-refractivity contribution is -0.480. The van der Waals surface area contributed by atoms with E-state index in [1.807, 2.05) is 61.9 Å². The number of aromatic nitrogens is 3. The van der Waals surface area contributed by atoms with Crippen molar-refractivity contribution in [3.05, 3.63) is 24.3 Å². The molecule has 125 valence electrons. The Bertz CT molecular complexity index is 574. The average Bonchev–Trinajstić information content (AvgIpc) is 2.68. The van der Waals surface area contributed by atoms with E-state index in [0.717, 1.165) is 11.0 Å². The van der Waals surface area contributed by atoms with Gasteiger partial charge in [-0.2, -0.15) is 0 Å². The van der Waals surface area contributed by atoms with Crippen LogP contribution in [0.25, 0.3) is 11.0 Å². The maximum Gasteiger partial charge on any atom is 0.471 e. The van der Waals surface area contributed by atoms with Gasteiger partial charge in [0.1, 0.15) is 11.0 Å². The van der Waals surface area contributed by atoms with E-state index in [4.69, 9.17) is 4.84 Å². The van der Waals surface area contributed by atoms with Crippen LogP contribution >= 0.6 is 0 Å². The van der Waals surface area contributed by atoms with Crippen LogP contribution in [0.3, 0.4) is 0 Å². The molecule has 0 N–H and O–H groups in total. The van der Waals surface area contributed by atoms with Gasteiger partial charge in [-0.1, -0.05) is 17.0 Å². The highest BCUT2D eigenvalue weighted by Gasteiger charge is 2.17. The summed E-state index contributed by atoms with van der Waals surface area (Å²) in [6, 6.07) is 8.34. The van der Waals surface area contributed by atoms with E-state index in [-0.39, 0.29) is 27.2 Å². The van der Waals surface area contributed by atoms with Gasteiger partial charge in [0.05, 0.1) is 28.2 Å². The summed E-state index contributed by atoms with van der Waals surface area (Å²) in [4.78, 5) is 8.99. The Labute approximate surface area is 127 Å². The second kappa shape index (κ2) is 11.3. The molecular weight excluding hydrogens is 305 g/mol. The molecule has 1 aromatic heterocycles. The van der Waals surface area contributed by atoms with Crippen LogP contribution in [-0.4, -0.2) is 67.3 Å². The van der Waals surface area contributed by atoms with Gasteiger partial charge < -0.3 is 0 Å². The van der Waals surface area contributed by atoms with Gasteiger partial charge in [0.15, 0.2) is 0 Å². The van der Waals surface area contributed by atoms with Crippen molar-refractivity contribution in [2.75, 3.05) is 28.2 Å². The predicted molar refractivity (Wildman–Crippen MR) is 80.7 cm³/mol. The minimum atomic E-state index is 0. The molecule has 1 aromatic carbocycles. The van der Waals surface area contributed by atoms with Gasteiger partial charge in [-0.15, -0.1) is 5.10 Å². The summed E-state index contributed by atoms with van der Waals surface area (Å²) in [7, 11) is 7.64. The zero-order chi connectivity index (χ0) is 12.4. The van der Waals surface area contributed by atoms with Crippen molar-refractivity contribution in [3.8, 4) is 0 Å². The third kappa shape index (κ3) is 5.58. The predicted octanol–water partition coefficient (Wildman–Crippen LogP) is 0.279. The van der Waals surface area contributed by atoms with E-state index in [1.54, 1.807) is 0 Å². The quantitative estimate of drug-likeness (QED) is 0.248. The molecule has 11 heteroatoms. The van der Waals surface area contributed by atoms with Crippen molar-refractivity contribution in [3.63, 3.8) is 0 Å². The fourth-order valence-electron chi connectivity index (χ4n) is 1.56. The highest BCUT2D eigenvalue weighted by atomic mass is 19.0. The fourth-order valence-corrected chi connectivity index (χ4v) is 1.56. The second-order valence-electron chi connectivity index (χ2n) is 4.11. The maximum absolute atomic E-state index is 5.70. The van der Waals surface area contributed by atoms with Crippen molar-refractivity contribution in [1.29, 1.82) is 0 Å². The van der Waals surface area contributed by atoms with Crippen LogP contribution in [-0.2, 0) is 0 Å². The van der Waals surface area contributed by atoms with E-state index in [2.05, 4.69) is 10.3 Å². The third-order valence-electron chi connectivity index (χ3n) is 2.25. The first kappa shape index (κ1) is 27.9. The molecule has 0 amide bonds. The molecule has 6 nitrogen and oxygen atoms in total. The maximum atomic E-state index is 5.70. The lowest BCUT2D eigenvalue weighted by atomic mass is 10.3. The van der Waals surface area contributed by atoms with Gasteiger partial charge in [0, 0.05) is 8.41 Å². The number of para-hydroxylation sites is 1. The van der Waals surface area contributed by atoms with Gasteiger partial charge >= 0.3 is 6.02 Å². The molecule has 0 atom stereocenters. The minimum absolute atomic E-state index is 0. The Balaban J connectivity index is -0.000000324. The molecule has 0 fully saturated rings. The van der Waals surface area contributed by atoms with Gasteiger partial charge in [0.25, 0.3) is 0 Å². The molecule has 0 aliphatic heterocycles. The van der Waals surface area contributed by atoms with Crippen molar-refractivity contribution >= 4 is 25.5 Å². The summed E-state index contributed by atoms with van der Waals surface area (Å²) in [5.74, 6) is 0. The van der Waals surface area contributed by atoms with Crippen LogP contribution < -0.4 is 4.84 Å². The first-order valence-electron chi connectivity index (χ1n) is 5.30. The number of amidine groups is 1. The van der Waals surface area contributed by atoms with Crippen LogP contribution in [0, 0.1) is 0 Å². The zero-order valence-corrected chi connectivity index (χ0v) is 12.7. The summed E-state index contributed by atoms with van der Waals surface area (Å²) in [6.07, 6.45) is 0. The molecule has 0 saturated carbocycles. The van der Waals surface area contributed by atoms with Crippen molar-refractivity contribution in [2.24, 2.45) is 0 Å². The van der Waals surface area contributed by atoms with Crippen molar-refractivity contribution in [2.45, 2.75) is 0 Å². The number of hydrogen-bond acceptors (Lipinski definition) is 3. The van der Waals surface area contributed by atoms with Crippen LogP contribution in [0.15, 0.2) is 24.3 Å². The molecule has 0 spiro atoms. The summed E-state index contributed by atoms with van der Waals surface area (Å²) in [6.45, 7) is 0. The minimum Gasteiger partial charge on any atom is -0.278 e. The molecule has 1 heterocycles. The summed E-state index contributed by atoms with van der Waals surface area (Å²) in [5.41, 5.74) is 1.65. The van der Waals surface area contributed by atoms with Gasteiger partial charge in [-0.25, -0.2) is 9.48 Å². The number of hydrogen-bond donors (Lipinski definition) is 0. The van der Waals surface area contributed by atoms with Crippen LogP contribution in [0.2, 0.25) is 0 Å². The number of benzene rings is 1. The molecule has 2 aromatic rings.